The average molecular weight is 401 g/mol. The third kappa shape index (κ3) is 4.77. The highest BCUT2D eigenvalue weighted by Gasteiger charge is 2.21. The molecule has 0 aromatic heterocycles. The van der Waals surface area contributed by atoms with Crippen molar-refractivity contribution in [2.24, 2.45) is 0 Å². The second kappa shape index (κ2) is 7.57. The second-order valence-electron chi connectivity index (χ2n) is 4.67. The average Bonchev–Trinajstić information content (AvgIpc) is 2.49. The van der Waals surface area contributed by atoms with Gasteiger partial charge in [0, 0.05) is 15.2 Å². The Hall–Kier alpha value is -1.92. The van der Waals surface area contributed by atoms with Crippen molar-refractivity contribution in [1.29, 1.82) is 0 Å². The number of carbonyl (C=O) groups excluding carboxylic acids is 2. The van der Waals surface area contributed by atoms with Crippen molar-refractivity contribution in [3.8, 4) is 0 Å². The Kier molecular flexibility index (Phi) is 5.74. The molecular formula is C16H12BrClFNO3. The Bertz CT molecular complexity index is 737. The van der Waals surface area contributed by atoms with Gasteiger partial charge >= 0.3 is 5.97 Å². The molecule has 0 spiro atoms. The molecule has 2 rings (SSSR count). The summed E-state index contributed by atoms with van der Waals surface area (Å²) in [6.45, 7) is 1.40. The van der Waals surface area contributed by atoms with Gasteiger partial charge in [-0.3, -0.25) is 4.79 Å². The number of amides is 1. The molecule has 120 valence electrons. The normalized spacial score (nSPS) is 11.7. The fraction of sp³-hybridized carbons (Fsp3) is 0.125. The lowest BCUT2D eigenvalue weighted by Gasteiger charge is -2.14. The first-order valence-corrected chi connectivity index (χ1v) is 7.76. The molecule has 0 saturated heterocycles. The Balaban J connectivity index is 2.00. The van der Waals surface area contributed by atoms with Crippen molar-refractivity contribution in [2.45, 2.75) is 13.0 Å². The molecule has 0 radical (unpaired) electrons. The van der Waals surface area contributed by atoms with Crippen LogP contribution in [0.4, 0.5) is 10.1 Å². The molecule has 0 aliphatic heterocycles. The number of hydrogen-bond acceptors (Lipinski definition) is 3. The molecular weight excluding hydrogens is 389 g/mol. The van der Waals surface area contributed by atoms with Crippen LogP contribution < -0.4 is 5.32 Å². The Labute approximate surface area is 145 Å². The number of hydrogen-bond donors (Lipinski definition) is 1. The molecule has 2 aromatic carbocycles. The van der Waals surface area contributed by atoms with Gasteiger partial charge in [0.2, 0.25) is 0 Å². The summed E-state index contributed by atoms with van der Waals surface area (Å²) in [5.41, 5.74) is 0.275. The first-order chi connectivity index (χ1) is 10.9. The topological polar surface area (TPSA) is 55.4 Å². The van der Waals surface area contributed by atoms with Gasteiger partial charge in [0.25, 0.3) is 5.91 Å². The van der Waals surface area contributed by atoms with Gasteiger partial charge in [-0.25, -0.2) is 9.18 Å². The van der Waals surface area contributed by atoms with Crippen LogP contribution >= 0.6 is 27.5 Å². The number of nitrogens with one attached hydrogen (secondary N) is 1. The highest BCUT2D eigenvalue weighted by atomic mass is 79.9. The first kappa shape index (κ1) is 17.4. The zero-order valence-electron chi connectivity index (χ0n) is 12.0. The van der Waals surface area contributed by atoms with Crippen LogP contribution in [0.25, 0.3) is 0 Å². The van der Waals surface area contributed by atoms with Gasteiger partial charge < -0.3 is 10.1 Å². The highest BCUT2D eigenvalue weighted by Crippen LogP contribution is 2.17. The van der Waals surface area contributed by atoms with E-state index in [1.807, 2.05) is 0 Å². The Morgan fingerprint density at radius 3 is 2.48 bits per heavy atom. The van der Waals surface area contributed by atoms with Crippen molar-refractivity contribution >= 4 is 45.1 Å². The minimum absolute atomic E-state index is 0.167. The van der Waals surface area contributed by atoms with Crippen LogP contribution in [-0.2, 0) is 9.53 Å². The van der Waals surface area contributed by atoms with Gasteiger partial charge in [-0.15, -0.1) is 0 Å². The van der Waals surface area contributed by atoms with E-state index in [-0.39, 0.29) is 10.6 Å². The standard InChI is InChI=1S/C16H12BrClFNO3/c1-9(15(21)20-12-5-2-10(17)3-6-12)23-16(22)13-7-4-11(18)8-14(13)19/h2-9H,1H3,(H,20,21)/t9-/m0/s1. The van der Waals surface area contributed by atoms with Crippen LogP contribution in [0.15, 0.2) is 46.9 Å². The summed E-state index contributed by atoms with van der Waals surface area (Å²) in [5.74, 6) is -2.25. The molecule has 4 nitrogen and oxygen atoms in total. The highest BCUT2D eigenvalue weighted by molar-refractivity contribution is 9.10. The van der Waals surface area contributed by atoms with Gasteiger partial charge in [0.05, 0.1) is 5.56 Å². The third-order valence-electron chi connectivity index (χ3n) is 2.92. The summed E-state index contributed by atoms with van der Waals surface area (Å²) in [4.78, 5) is 23.9. The van der Waals surface area contributed by atoms with Crippen molar-refractivity contribution in [3.05, 3.63) is 63.3 Å². The van der Waals surface area contributed by atoms with Gasteiger partial charge in [-0.2, -0.15) is 0 Å². The lowest BCUT2D eigenvalue weighted by Crippen LogP contribution is -2.30. The van der Waals surface area contributed by atoms with Gasteiger partial charge in [-0.1, -0.05) is 27.5 Å². The van der Waals surface area contributed by atoms with Crippen LogP contribution in [0.1, 0.15) is 17.3 Å². The number of esters is 1. The smallest absolute Gasteiger partial charge is 0.341 e. The molecule has 0 bridgehead atoms. The third-order valence-corrected chi connectivity index (χ3v) is 3.68. The summed E-state index contributed by atoms with van der Waals surface area (Å²) in [7, 11) is 0. The number of carbonyl (C=O) groups is 2. The number of rotatable bonds is 4. The number of anilines is 1. The van der Waals surface area contributed by atoms with E-state index in [1.165, 1.54) is 19.1 Å². The minimum Gasteiger partial charge on any atom is -0.449 e. The predicted octanol–water partition coefficient (Wildman–Crippen LogP) is 4.43. The summed E-state index contributed by atoms with van der Waals surface area (Å²) >= 11 is 8.90. The van der Waals surface area contributed by atoms with Crippen LogP contribution in [-0.4, -0.2) is 18.0 Å². The van der Waals surface area contributed by atoms with Crippen LogP contribution in [0, 0.1) is 5.82 Å². The minimum atomic E-state index is -1.08. The monoisotopic (exact) mass is 399 g/mol. The summed E-state index contributed by atoms with van der Waals surface area (Å²) in [6.07, 6.45) is -1.08. The van der Waals surface area contributed by atoms with Crippen molar-refractivity contribution in [2.75, 3.05) is 5.32 Å². The molecule has 1 N–H and O–H groups in total. The van der Waals surface area contributed by atoms with Crippen molar-refractivity contribution < 1.29 is 18.7 Å². The van der Waals surface area contributed by atoms with Gasteiger partial charge in [-0.05, 0) is 49.4 Å². The van der Waals surface area contributed by atoms with E-state index < -0.39 is 23.8 Å². The fourth-order valence-corrected chi connectivity index (χ4v) is 2.13. The molecule has 23 heavy (non-hydrogen) atoms. The first-order valence-electron chi connectivity index (χ1n) is 6.59. The number of ether oxygens (including phenoxy) is 1. The zero-order valence-corrected chi connectivity index (χ0v) is 14.3. The molecule has 1 amide bonds. The molecule has 7 heteroatoms. The maximum atomic E-state index is 13.6. The molecule has 0 unspecified atom stereocenters. The second-order valence-corrected chi connectivity index (χ2v) is 6.02. The fourth-order valence-electron chi connectivity index (χ4n) is 1.71. The summed E-state index contributed by atoms with van der Waals surface area (Å²) < 4.78 is 19.5. The number of benzene rings is 2. The van der Waals surface area contributed by atoms with Gasteiger partial charge in [0.15, 0.2) is 6.10 Å². The van der Waals surface area contributed by atoms with E-state index >= 15 is 0 Å². The lowest BCUT2D eigenvalue weighted by atomic mass is 10.2. The van der Waals surface area contributed by atoms with E-state index in [2.05, 4.69) is 21.2 Å². The zero-order chi connectivity index (χ0) is 17.0. The largest absolute Gasteiger partial charge is 0.449 e. The summed E-state index contributed by atoms with van der Waals surface area (Å²) in [5, 5.41) is 2.76. The van der Waals surface area contributed by atoms with Crippen molar-refractivity contribution in [1.82, 2.24) is 0 Å². The SMILES string of the molecule is C[C@H](OC(=O)c1ccc(Cl)cc1F)C(=O)Nc1ccc(Br)cc1. The van der Waals surface area contributed by atoms with Crippen LogP contribution in [0.2, 0.25) is 5.02 Å². The Morgan fingerprint density at radius 1 is 1.22 bits per heavy atom. The lowest BCUT2D eigenvalue weighted by molar-refractivity contribution is -0.123. The van der Waals surface area contributed by atoms with Crippen molar-refractivity contribution in [3.63, 3.8) is 0 Å². The van der Waals surface area contributed by atoms with Gasteiger partial charge in [0.1, 0.15) is 5.82 Å². The van der Waals surface area contributed by atoms with E-state index in [0.717, 1.165) is 10.5 Å². The van der Waals surface area contributed by atoms with E-state index in [4.69, 9.17) is 16.3 Å². The maximum absolute atomic E-state index is 13.6. The quantitative estimate of drug-likeness (QED) is 0.773. The summed E-state index contributed by atoms with van der Waals surface area (Å²) in [6, 6.07) is 10.5. The van der Waals surface area contributed by atoms with E-state index in [9.17, 15) is 14.0 Å². The molecule has 0 aliphatic rings. The molecule has 0 fully saturated rings. The molecule has 0 saturated carbocycles. The molecule has 2 aromatic rings. The van der Waals surface area contributed by atoms with E-state index in [1.54, 1.807) is 24.3 Å². The van der Waals surface area contributed by atoms with Crippen LogP contribution in [0.5, 0.6) is 0 Å². The van der Waals surface area contributed by atoms with Crippen LogP contribution in [0.3, 0.4) is 0 Å². The van der Waals surface area contributed by atoms with E-state index in [0.29, 0.717) is 5.69 Å². The Morgan fingerprint density at radius 2 is 1.87 bits per heavy atom. The molecule has 0 aliphatic carbocycles. The number of halogens is 3. The predicted molar refractivity (Wildman–Crippen MR) is 89.1 cm³/mol. The molecule has 1 atom stereocenters. The molecule has 0 heterocycles. The maximum Gasteiger partial charge on any atom is 0.341 e.